The van der Waals surface area contributed by atoms with Crippen LogP contribution in [0.3, 0.4) is 0 Å². The lowest BCUT2D eigenvalue weighted by molar-refractivity contribution is -0.929. The van der Waals surface area contributed by atoms with Crippen molar-refractivity contribution in [1.29, 1.82) is 0 Å². The van der Waals surface area contributed by atoms with Gasteiger partial charge in [0.15, 0.2) is 0 Å². The summed E-state index contributed by atoms with van der Waals surface area (Å²) in [6, 6.07) is 18.8. The van der Waals surface area contributed by atoms with Crippen LogP contribution in [-0.2, 0) is 18.3 Å². The van der Waals surface area contributed by atoms with Crippen molar-refractivity contribution in [2.24, 2.45) is 7.05 Å². The van der Waals surface area contributed by atoms with Crippen molar-refractivity contribution in [3.05, 3.63) is 65.9 Å². The maximum Gasteiger partial charge on any atom is 0.272 e. The van der Waals surface area contributed by atoms with E-state index in [1.165, 1.54) is 5.56 Å². The number of nitrogens with one attached hydrogen (secondary N) is 1. The molecule has 0 atom stereocenters. The summed E-state index contributed by atoms with van der Waals surface area (Å²) in [5.74, 6) is -0.0882. The second kappa shape index (κ2) is 9.21. The normalized spacial score (nSPS) is 15.0. The Morgan fingerprint density at radius 1 is 1.10 bits per heavy atom. The molecule has 1 N–H and O–H groups in total. The molecule has 0 bridgehead atoms. The van der Waals surface area contributed by atoms with Crippen LogP contribution in [0.15, 0.2) is 54.6 Å². The number of benzene rings is 2. The fourth-order valence-electron chi connectivity index (χ4n) is 4.38. The molecule has 0 spiro atoms. The van der Waals surface area contributed by atoms with Gasteiger partial charge in [0, 0.05) is 42.0 Å². The molecule has 0 saturated carbocycles. The van der Waals surface area contributed by atoms with Crippen molar-refractivity contribution < 1.29 is 26.4 Å². The largest absolute Gasteiger partial charge is 1.00 e. The average molecular weight is 428 g/mol. The smallest absolute Gasteiger partial charge is 0.272 e. The first-order valence-corrected chi connectivity index (χ1v) is 10.3. The van der Waals surface area contributed by atoms with E-state index in [1.807, 2.05) is 54.1 Å². The van der Waals surface area contributed by atoms with Crippen LogP contribution in [0.1, 0.15) is 28.9 Å². The average Bonchev–Trinajstić information content (AvgIpc) is 3.07. The molecule has 1 amide bonds. The van der Waals surface area contributed by atoms with Gasteiger partial charge in [-0.25, -0.2) is 0 Å². The van der Waals surface area contributed by atoms with E-state index in [1.54, 1.807) is 0 Å². The van der Waals surface area contributed by atoms with Crippen LogP contribution in [0.25, 0.3) is 10.9 Å². The van der Waals surface area contributed by atoms with Gasteiger partial charge in [-0.05, 0) is 24.3 Å². The number of quaternary nitrogens is 1. The quantitative estimate of drug-likeness (QED) is 0.621. The van der Waals surface area contributed by atoms with Crippen molar-refractivity contribution >= 4 is 22.5 Å². The van der Waals surface area contributed by atoms with Gasteiger partial charge in [0.1, 0.15) is 12.2 Å². The van der Waals surface area contributed by atoms with Crippen LogP contribution in [0.4, 0.5) is 5.69 Å². The zero-order valence-electron chi connectivity index (χ0n) is 17.9. The van der Waals surface area contributed by atoms with Gasteiger partial charge in [0.05, 0.1) is 33.4 Å². The van der Waals surface area contributed by atoms with Crippen molar-refractivity contribution in [2.75, 3.05) is 32.6 Å². The predicted octanol–water partition coefficient (Wildman–Crippen LogP) is 1.19. The minimum atomic E-state index is -0.0882. The number of para-hydroxylation sites is 1. The van der Waals surface area contributed by atoms with Crippen LogP contribution in [0.5, 0.6) is 0 Å². The molecule has 1 aliphatic rings. The SMILES string of the molecule is Cn1c(C(=O)Nc2ccc(C[N+](C)(C)C3CCOCC3)cc2)cc2ccccc21.[Cl-]. The lowest BCUT2D eigenvalue weighted by atomic mass is 10.0. The Morgan fingerprint density at radius 2 is 1.77 bits per heavy atom. The van der Waals surface area contributed by atoms with Gasteiger partial charge in [-0.3, -0.25) is 4.79 Å². The fraction of sp³-hybridized carbons (Fsp3) is 0.375. The summed E-state index contributed by atoms with van der Waals surface area (Å²) >= 11 is 0. The summed E-state index contributed by atoms with van der Waals surface area (Å²) in [4.78, 5) is 12.8. The highest BCUT2D eigenvalue weighted by Gasteiger charge is 2.30. The fourth-order valence-corrected chi connectivity index (χ4v) is 4.38. The highest BCUT2D eigenvalue weighted by molar-refractivity contribution is 6.06. The Labute approximate surface area is 184 Å². The van der Waals surface area contributed by atoms with Crippen molar-refractivity contribution in [2.45, 2.75) is 25.4 Å². The van der Waals surface area contributed by atoms with Gasteiger partial charge >= 0.3 is 0 Å². The number of carbonyl (C=O) groups excluding carboxylic acids is 1. The second-order valence-electron chi connectivity index (χ2n) is 8.58. The molecule has 0 radical (unpaired) electrons. The first-order valence-electron chi connectivity index (χ1n) is 10.3. The van der Waals surface area contributed by atoms with Gasteiger partial charge in [-0.1, -0.05) is 30.3 Å². The molecule has 160 valence electrons. The number of hydrogen-bond donors (Lipinski definition) is 1. The number of hydrogen-bond acceptors (Lipinski definition) is 2. The molecule has 3 aromatic rings. The summed E-state index contributed by atoms with van der Waals surface area (Å²) in [6.45, 7) is 2.71. The van der Waals surface area contributed by atoms with E-state index in [-0.39, 0.29) is 18.3 Å². The summed E-state index contributed by atoms with van der Waals surface area (Å²) in [7, 11) is 6.52. The molecule has 5 nitrogen and oxygen atoms in total. The highest BCUT2D eigenvalue weighted by Crippen LogP contribution is 2.23. The molecule has 1 saturated heterocycles. The Balaban J connectivity index is 0.00000256. The molecule has 1 aromatic heterocycles. The van der Waals surface area contributed by atoms with Gasteiger partial charge < -0.3 is 31.5 Å². The first kappa shape index (κ1) is 22.3. The van der Waals surface area contributed by atoms with Crippen LogP contribution in [-0.4, -0.2) is 48.3 Å². The number of rotatable bonds is 5. The number of halogens is 1. The Kier molecular flexibility index (Phi) is 6.86. The lowest BCUT2D eigenvalue weighted by Gasteiger charge is -2.40. The Hall–Kier alpha value is -2.34. The number of carbonyl (C=O) groups is 1. The molecule has 1 aliphatic heterocycles. The van der Waals surface area contributed by atoms with E-state index in [9.17, 15) is 4.79 Å². The minimum Gasteiger partial charge on any atom is -1.00 e. The zero-order valence-corrected chi connectivity index (χ0v) is 18.7. The minimum absolute atomic E-state index is 0. The topological polar surface area (TPSA) is 43.3 Å². The number of nitrogens with zero attached hydrogens (tertiary/aromatic N) is 2. The van der Waals surface area contributed by atoms with Gasteiger partial charge in [-0.2, -0.15) is 0 Å². The number of fused-ring (bicyclic) bond motifs is 1. The van der Waals surface area contributed by atoms with E-state index < -0.39 is 0 Å². The summed E-state index contributed by atoms with van der Waals surface area (Å²) < 4.78 is 8.41. The third-order valence-corrected chi connectivity index (χ3v) is 6.17. The van der Waals surface area contributed by atoms with Crippen LogP contribution in [0.2, 0.25) is 0 Å². The van der Waals surface area contributed by atoms with Gasteiger partial charge in [0.25, 0.3) is 5.91 Å². The second-order valence-corrected chi connectivity index (χ2v) is 8.58. The molecule has 30 heavy (non-hydrogen) atoms. The Morgan fingerprint density at radius 3 is 2.43 bits per heavy atom. The van der Waals surface area contributed by atoms with E-state index in [4.69, 9.17) is 4.74 Å². The zero-order chi connectivity index (χ0) is 20.4. The monoisotopic (exact) mass is 427 g/mol. The Bertz CT molecular complexity index is 1000. The van der Waals surface area contributed by atoms with Gasteiger partial charge in [-0.15, -0.1) is 0 Å². The summed E-state index contributed by atoms with van der Waals surface area (Å²) in [5, 5.41) is 4.10. The molecule has 0 unspecified atom stereocenters. The van der Waals surface area contributed by atoms with E-state index >= 15 is 0 Å². The molecule has 0 aliphatic carbocycles. The molecule has 1 fully saturated rings. The van der Waals surface area contributed by atoms with Gasteiger partial charge in [0.2, 0.25) is 0 Å². The van der Waals surface area contributed by atoms with Crippen LogP contribution >= 0.6 is 0 Å². The molecule has 6 heteroatoms. The van der Waals surface area contributed by atoms with E-state index in [0.717, 1.165) is 53.7 Å². The lowest BCUT2D eigenvalue weighted by Crippen LogP contribution is -3.00. The third kappa shape index (κ3) is 4.69. The number of aryl methyl sites for hydroxylation is 1. The van der Waals surface area contributed by atoms with Crippen LogP contribution < -0.4 is 17.7 Å². The highest BCUT2D eigenvalue weighted by atomic mass is 35.5. The summed E-state index contributed by atoms with van der Waals surface area (Å²) in [6.07, 6.45) is 2.23. The van der Waals surface area contributed by atoms with E-state index in [0.29, 0.717) is 11.7 Å². The standard InChI is InChI=1S/C24H29N3O2.ClH/c1-26-22-7-5-4-6-19(22)16-23(26)24(28)25-20-10-8-18(9-11-20)17-27(2,3)21-12-14-29-15-13-21;/h4-11,16,21H,12-15,17H2,1-3H3;1H. The molecular weight excluding hydrogens is 398 g/mol. The summed E-state index contributed by atoms with van der Waals surface area (Å²) in [5.41, 5.74) is 3.82. The molecule has 4 rings (SSSR count). The number of aromatic nitrogens is 1. The predicted molar refractivity (Wildman–Crippen MR) is 117 cm³/mol. The molecule has 2 aromatic carbocycles. The van der Waals surface area contributed by atoms with E-state index in [2.05, 4.69) is 31.5 Å². The van der Waals surface area contributed by atoms with Crippen molar-refractivity contribution in [3.8, 4) is 0 Å². The maximum atomic E-state index is 12.8. The van der Waals surface area contributed by atoms with Crippen molar-refractivity contribution in [1.82, 2.24) is 4.57 Å². The van der Waals surface area contributed by atoms with Crippen LogP contribution in [0, 0.1) is 0 Å². The molecular formula is C24H30ClN3O2. The maximum absolute atomic E-state index is 12.8. The number of amides is 1. The number of ether oxygens (including phenoxy) is 1. The van der Waals surface area contributed by atoms with Crippen molar-refractivity contribution in [3.63, 3.8) is 0 Å². The number of anilines is 1. The third-order valence-electron chi connectivity index (χ3n) is 6.17. The first-order chi connectivity index (χ1) is 13.9. The molecule has 2 heterocycles.